The van der Waals surface area contributed by atoms with Crippen LogP contribution in [-0.4, -0.2) is 39.6 Å². The van der Waals surface area contributed by atoms with Crippen molar-refractivity contribution in [2.75, 3.05) is 18.8 Å². The van der Waals surface area contributed by atoms with Crippen molar-refractivity contribution in [3.8, 4) is 0 Å². The number of fused-ring (bicyclic) bond motifs is 1. The lowest BCUT2D eigenvalue weighted by atomic mass is 9.92. The van der Waals surface area contributed by atoms with Gasteiger partial charge in [-0.15, -0.1) is 0 Å². The van der Waals surface area contributed by atoms with Gasteiger partial charge < -0.3 is 9.88 Å². The van der Waals surface area contributed by atoms with E-state index in [1.165, 1.54) is 11.8 Å². The number of aromatic nitrogens is 2. The lowest BCUT2D eigenvalue weighted by molar-refractivity contribution is -0.130. The number of hydrogen-bond donors (Lipinski definition) is 1. The molecule has 1 aliphatic rings. The van der Waals surface area contributed by atoms with Crippen molar-refractivity contribution in [3.05, 3.63) is 23.8 Å². The monoisotopic (exact) mass is 339 g/mol. The highest BCUT2D eigenvalue weighted by molar-refractivity contribution is 7.99. The number of thioether (sulfide) groups is 1. The van der Waals surface area contributed by atoms with E-state index < -0.39 is 11.6 Å². The van der Waals surface area contributed by atoms with Crippen LogP contribution in [-0.2, 0) is 4.79 Å². The summed E-state index contributed by atoms with van der Waals surface area (Å²) in [4.78, 5) is 21.3. The first kappa shape index (κ1) is 16.2. The van der Waals surface area contributed by atoms with Crippen LogP contribution in [0.1, 0.15) is 20.3 Å². The maximum atomic E-state index is 13.2. The lowest BCUT2D eigenvalue weighted by Crippen LogP contribution is -2.43. The number of H-pyrrole nitrogens is 1. The molecule has 1 aromatic carbocycles. The van der Waals surface area contributed by atoms with Crippen molar-refractivity contribution in [2.45, 2.75) is 25.4 Å². The molecule has 7 heteroatoms. The van der Waals surface area contributed by atoms with Crippen molar-refractivity contribution in [3.63, 3.8) is 0 Å². The number of halogens is 2. The second kappa shape index (κ2) is 6.47. The Morgan fingerprint density at radius 2 is 1.96 bits per heavy atom. The molecule has 1 saturated heterocycles. The first-order chi connectivity index (χ1) is 10.9. The van der Waals surface area contributed by atoms with E-state index in [0.29, 0.717) is 28.0 Å². The number of benzene rings is 1. The number of carbonyl (C=O) groups excluding carboxylic acids is 1. The zero-order chi connectivity index (χ0) is 16.6. The van der Waals surface area contributed by atoms with E-state index in [0.717, 1.165) is 31.6 Å². The van der Waals surface area contributed by atoms with Gasteiger partial charge in [0.05, 0.1) is 16.8 Å². The SMILES string of the molecule is CC1CC(C)CN(C(=O)CSc2nc3cc(F)c(F)cc3[nH]2)C1. The van der Waals surface area contributed by atoms with Crippen LogP contribution in [0.2, 0.25) is 0 Å². The fourth-order valence-electron chi connectivity index (χ4n) is 3.14. The molecule has 0 aliphatic carbocycles. The molecule has 124 valence electrons. The fraction of sp³-hybridized carbons (Fsp3) is 0.500. The van der Waals surface area contributed by atoms with Gasteiger partial charge in [0.1, 0.15) is 0 Å². The quantitative estimate of drug-likeness (QED) is 0.872. The van der Waals surface area contributed by atoms with Crippen molar-refractivity contribution in [1.29, 1.82) is 0 Å². The van der Waals surface area contributed by atoms with Gasteiger partial charge in [-0.05, 0) is 18.3 Å². The van der Waals surface area contributed by atoms with Crippen LogP contribution in [0, 0.1) is 23.5 Å². The second-order valence-corrected chi connectivity index (χ2v) is 7.32. The number of imidazole rings is 1. The number of likely N-dealkylation sites (tertiary alicyclic amines) is 1. The number of nitrogens with one attached hydrogen (secondary N) is 1. The molecule has 1 aliphatic heterocycles. The number of hydrogen-bond acceptors (Lipinski definition) is 3. The van der Waals surface area contributed by atoms with Gasteiger partial charge in [-0.25, -0.2) is 13.8 Å². The summed E-state index contributed by atoms with van der Waals surface area (Å²) in [5.41, 5.74) is 0.790. The van der Waals surface area contributed by atoms with Gasteiger partial charge in [0.2, 0.25) is 5.91 Å². The molecule has 0 radical (unpaired) electrons. The Bertz CT molecular complexity index is 684. The van der Waals surface area contributed by atoms with Gasteiger partial charge in [-0.3, -0.25) is 4.79 Å². The number of rotatable bonds is 3. The summed E-state index contributed by atoms with van der Waals surface area (Å²) >= 11 is 1.26. The highest BCUT2D eigenvalue weighted by Crippen LogP contribution is 2.24. The van der Waals surface area contributed by atoms with Crippen LogP contribution >= 0.6 is 11.8 Å². The van der Waals surface area contributed by atoms with Crippen LogP contribution < -0.4 is 0 Å². The summed E-state index contributed by atoms with van der Waals surface area (Å²) in [6.45, 7) is 5.90. The van der Waals surface area contributed by atoms with Crippen molar-refractivity contribution in [1.82, 2.24) is 14.9 Å². The summed E-state index contributed by atoms with van der Waals surface area (Å²) in [7, 11) is 0. The highest BCUT2D eigenvalue weighted by atomic mass is 32.2. The van der Waals surface area contributed by atoms with Crippen molar-refractivity contribution < 1.29 is 13.6 Å². The van der Waals surface area contributed by atoms with Crippen molar-refractivity contribution in [2.24, 2.45) is 11.8 Å². The highest BCUT2D eigenvalue weighted by Gasteiger charge is 2.25. The van der Waals surface area contributed by atoms with Crippen LogP contribution in [0.15, 0.2) is 17.3 Å². The average molecular weight is 339 g/mol. The molecule has 4 nitrogen and oxygen atoms in total. The van der Waals surface area contributed by atoms with E-state index in [4.69, 9.17) is 0 Å². The smallest absolute Gasteiger partial charge is 0.233 e. The maximum absolute atomic E-state index is 13.2. The molecule has 0 saturated carbocycles. The lowest BCUT2D eigenvalue weighted by Gasteiger charge is -2.34. The molecule has 0 bridgehead atoms. The normalized spacial score (nSPS) is 21.8. The van der Waals surface area contributed by atoms with E-state index in [2.05, 4.69) is 23.8 Å². The van der Waals surface area contributed by atoms with E-state index in [9.17, 15) is 13.6 Å². The largest absolute Gasteiger partial charge is 0.341 e. The number of nitrogens with zero attached hydrogens (tertiary/aromatic N) is 2. The molecule has 1 amide bonds. The van der Waals surface area contributed by atoms with E-state index in [-0.39, 0.29) is 11.7 Å². The minimum absolute atomic E-state index is 0.0752. The molecular formula is C16H19F2N3OS. The molecule has 1 aromatic heterocycles. The zero-order valence-corrected chi connectivity index (χ0v) is 13.9. The average Bonchev–Trinajstić information content (AvgIpc) is 2.86. The first-order valence-electron chi connectivity index (χ1n) is 7.67. The van der Waals surface area contributed by atoms with Gasteiger partial charge in [-0.1, -0.05) is 25.6 Å². The molecule has 2 unspecified atom stereocenters. The van der Waals surface area contributed by atoms with E-state index in [1.54, 1.807) is 0 Å². The van der Waals surface area contributed by atoms with E-state index in [1.807, 2.05) is 4.90 Å². The van der Waals surface area contributed by atoms with Gasteiger partial charge >= 0.3 is 0 Å². The summed E-state index contributed by atoms with van der Waals surface area (Å²) in [6.07, 6.45) is 1.15. The Morgan fingerprint density at radius 3 is 2.65 bits per heavy atom. The van der Waals surface area contributed by atoms with Crippen LogP contribution in [0.25, 0.3) is 11.0 Å². The van der Waals surface area contributed by atoms with E-state index >= 15 is 0 Å². The molecule has 3 rings (SSSR count). The Morgan fingerprint density at radius 1 is 1.30 bits per heavy atom. The number of aromatic amines is 1. The molecular weight excluding hydrogens is 320 g/mol. The minimum Gasteiger partial charge on any atom is -0.341 e. The third kappa shape index (κ3) is 3.65. The predicted molar refractivity (Wildman–Crippen MR) is 86.3 cm³/mol. The molecule has 23 heavy (non-hydrogen) atoms. The summed E-state index contributed by atoms with van der Waals surface area (Å²) in [5.74, 6) is -0.455. The molecule has 1 N–H and O–H groups in total. The standard InChI is InChI=1S/C16H19F2N3OS/c1-9-3-10(2)7-21(6-9)15(22)8-23-16-19-13-4-11(17)12(18)5-14(13)20-16/h4-5,9-10H,3,6-8H2,1-2H3,(H,19,20). The number of carbonyl (C=O) groups is 1. The van der Waals surface area contributed by atoms with Crippen LogP contribution in [0.5, 0.6) is 0 Å². The summed E-state index contributed by atoms with van der Waals surface area (Å²) in [6, 6.07) is 2.14. The molecule has 0 spiro atoms. The van der Waals surface area contributed by atoms with Gasteiger partial charge in [0, 0.05) is 25.2 Å². The Kier molecular flexibility index (Phi) is 4.57. The fourth-order valence-corrected chi connectivity index (χ4v) is 3.93. The molecule has 2 heterocycles. The summed E-state index contributed by atoms with van der Waals surface area (Å²) in [5, 5.41) is 0.497. The predicted octanol–water partition coefficient (Wildman–Crippen LogP) is 3.44. The number of piperidine rings is 1. The second-order valence-electron chi connectivity index (χ2n) is 6.36. The molecule has 2 aromatic rings. The third-order valence-corrected chi connectivity index (χ3v) is 4.91. The summed E-state index contributed by atoms with van der Waals surface area (Å²) < 4.78 is 26.4. The minimum atomic E-state index is -0.923. The molecule has 2 atom stereocenters. The van der Waals surface area contributed by atoms with Gasteiger partial charge in [0.15, 0.2) is 16.8 Å². The van der Waals surface area contributed by atoms with Gasteiger partial charge in [0.25, 0.3) is 0 Å². The Hall–Kier alpha value is -1.63. The van der Waals surface area contributed by atoms with Crippen LogP contribution in [0.3, 0.4) is 0 Å². The number of amides is 1. The van der Waals surface area contributed by atoms with Gasteiger partial charge in [-0.2, -0.15) is 0 Å². The third-order valence-electron chi connectivity index (χ3n) is 4.06. The Balaban J connectivity index is 1.65. The topological polar surface area (TPSA) is 49.0 Å². The molecule has 1 fully saturated rings. The van der Waals surface area contributed by atoms with Crippen molar-refractivity contribution >= 4 is 28.7 Å². The maximum Gasteiger partial charge on any atom is 0.233 e. The van der Waals surface area contributed by atoms with Crippen LogP contribution in [0.4, 0.5) is 8.78 Å². The zero-order valence-electron chi connectivity index (χ0n) is 13.1. The Labute approximate surface area is 137 Å². The first-order valence-corrected chi connectivity index (χ1v) is 8.66.